The number of H-pyrrole nitrogens is 1. The molecule has 0 unspecified atom stereocenters. The summed E-state index contributed by atoms with van der Waals surface area (Å²) in [7, 11) is 0. The Hall–Kier alpha value is -4.40. The van der Waals surface area contributed by atoms with E-state index in [-0.39, 0.29) is 16.9 Å². The number of hydrogen-bond acceptors (Lipinski definition) is 5. The summed E-state index contributed by atoms with van der Waals surface area (Å²) in [6, 6.07) is 14.3. The normalized spacial score (nSPS) is 11.7. The number of aromatic nitrogens is 7. The molecule has 0 saturated carbocycles. The van der Waals surface area contributed by atoms with Gasteiger partial charge in [0, 0.05) is 29.2 Å². The van der Waals surface area contributed by atoms with Gasteiger partial charge in [0.25, 0.3) is 5.56 Å². The van der Waals surface area contributed by atoms with Crippen LogP contribution in [0.5, 0.6) is 0 Å². The average molecular weight is 425 g/mol. The van der Waals surface area contributed by atoms with E-state index in [1.165, 1.54) is 23.0 Å². The Morgan fingerprint density at radius 2 is 1.91 bits per heavy atom. The highest BCUT2D eigenvalue weighted by molar-refractivity contribution is 5.83. The Morgan fingerprint density at radius 3 is 2.78 bits per heavy atom. The van der Waals surface area contributed by atoms with Gasteiger partial charge in [0.1, 0.15) is 12.1 Å². The second kappa shape index (κ2) is 7.09. The Kier molecular flexibility index (Phi) is 4.07. The zero-order valence-corrected chi connectivity index (χ0v) is 16.7. The van der Waals surface area contributed by atoms with Crippen molar-refractivity contribution >= 4 is 27.7 Å². The first-order valence-electron chi connectivity index (χ1n) is 10.1. The molecule has 32 heavy (non-hydrogen) atoms. The first-order chi connectivity index (χ1) is 15.7. The fourth-order valence-electron chi connectivity index (χ4n) is 3.98. The van der Waals surface area contributed by atoms with Crippen LogP contribution in [0.1, 0.15) is 5.56 Å². The molecule has 0 spiro atoms. The lowest BCUT2D eigenvalue weighted by Crippen LogP contribution is -2.23. The second-order valence-electron chi connectivity index (χ2n) is 7.53. The van der Waals surface area contributed by atoms with Crippen molar-refractivity contribution in [2.24, 2.45) is 0 Å². The van der Waals surface area contributed by atoms with Crippen LogP contribution in [-0.2, 0) is 13.0 Å². The minimum Gasteiger partial charge on any atom is -0.361 e. The summed E-state index contributed by atoms with van der Waals surface area (Å²) in [5.74, 6) is -0.295. The summed E-state index contributed by atoms with van der Waals surface area (Å²) in [6.07, 6.45) is 5.56. The van der Waals surface area contributed by atoms with Gasteiger partial charge in [0.2, 0.25) is 0 Å². The molecule has 0 saturated heterocycles. The van der Waals surface area contributed by atoms with Gasteiger partial charge in [0.05, 0.1) is 6.20 Å². The lowest BCUT2D eigenvalue weighted by Gasteiger charge is -2.06. The number of fused-ring (bicyclic) bond motifs is 4. The van der Waals surface area contributed by atoms with E-state index in [1.54, 1.807) is 16.8 Å². The van der Waals surface area contributed by atoms with Crippen LogP contribution >= 0.6 is 0 Å². The topological polar surface area (TPSA) is 93.8 Å². The number of aryl methyl sites for hydroxylation is 2. The lowest BCUT2D eigenvalue weighted by atomic mass is 10.1. The molecule has 8 nitrogen and oxygen atoms in total. The van der Waals surface area contributed by atoms with Gasteiger partial charge in [-0.2, -0.15) is 9.61 Å². The molecule has 6 rings (SSSR count). The lowest BCUT2D eigenvalue weighted by molar-refractivity contribution is 0.629. The third-order valence-electron chi connectivity index (χ3n) is 5.62. The van der Waals surface area contributed by atoms with Gasteiger partial charge in [0.15, 0.2) is 16.8 Å². The summed E-state index contributed by atoms with van der Waals surface area (Å²) < 4.78 is 16.7. The first-order valence-corrected chi connectivity index (χ1v) is 10.1. The van der Waals surface area contributed by atoms with Crippen molar-refractivity contribution in [2.75, 3.05) is 0 Å². The smallest absolute Gasteiger partial charge is 0.283 e. The Labute approximate surface area is 180 Å². The molecule has 1 N–H and O–H groups in total. The molecule has 9 heteroatoms. The van der Waals surface area contributed by atoms with E-state index < -0.39 is 0 Å². The number of hydrogen-bond donors (Lipinski definition) is 1. The SMILES string of the molecule is O=c1c2nnc3c(-c4ccccc4)cnn3c2ncn1CCc1c[nH]c2ccc(F)cc12. The molecule has 0 aliphatic rings. The van der Waals surface area contributed by atoms with Crippen molar-refractivity contribution < 1.29 is 4.39 Å². The van der Waals surface area contributed by atoms with E-state index in [0.717, 1.165) is 27.6 Å². The van der Waals surface area contributed by atoms with Gasteiger partial charge < -0.3 is 4.98 Å². The maximum Gasteiger partial charge on any atom is 0.283 e. The highest BCUT2D eigenvalue weighted by atomic mass is 19.1. The van der Waals surface area contributed by atoms with Crippen molar-refractivity contribution in [2.45, 2.75) is 13.0 Å². The van der Waals surface area contributed by atoms with Crippen molar-refractivity contribution in [3.8, 4) is 11.1 Å². The van der Waals surface area contributed by atoms with Crippen molar-refractivity contribution in [3.05, 3.63) is 89.0 Å². The molecule has 2 aromatic carbocycles. The fraction of sp³-hybridized carbons (Fsp3) is 0.0870. The van der Waals surface area contributed by atoms with E-state index in [4.69, 9.17) is 0 Å². The average Bonchev–Trinajstić information content (AvgIpc) is 3.43. The van der Waals surface area contributed by atoms with Crippen molar-refractivity contribution in [1.29, 1.82) is 0 Å². The maximum atomic E-state index is 13.6. The first kappa shape index (κ1) is 18.4. The molecule has 0 fully saturated rings. The summed E-state index contributed by atoms with van der Waals surface area (Å²) in [5.41, 5.74) is 4.29. The van der Waals surface area contributed by atoms with Crippen LogP contribution in [-0.4, -0.2) is 34.3 Å². The summed E-state index contributed by atoms with van der Waals surface area (Å²) in [4.78, 5) is 20.6. The van der Waals surface area contributed by atoms with Gasteiger partial charge in [-0.15, -0.1) is 10.2 Å². The number of halogens is 1. The number of benzene rings is 2. The Bertz CT molecular complexity index is 1670. The van der Waals surface area contributed by atoms with Crippen LogP contribution < -0.4 is 5.56 Å². The maximum absolute atomic E-state index is 13.6. The monoisotopic (exact) mass is 425 g/mol. The minimum atomic E-state index is -0.299. The van der Waals surface area contributed by atoms with E-state index in [1.807, 2.05) is 36.5 Å². The van der Waals surface area contributed by atoms with E-state index in [0.29, 0.717) is 24.3 Å². The standard InChI is InChI=1S/C23H16FN7O/c24-16-6-7-19-17(10-16)15(11-25-19)8-9-30-13-26-22-20(23(30)32)28-29-21-18(12-27-31(21)22)14-4-2-1-3-5-14/h1-7,10-13,25H,8-9H2. The molecule has 6 aromatic rings. The molecule has 4 heterocycles. The van der Waals surface area contributed by atoms with Crippen LogP contribution in [0.3, 0.4) is 0 Å². The van der Waals surface area contributed by atoms with Crippen LogP contribution in [0.2, 0.25) is 0 Å². The molecule has 4 aromatic heterocycles. The van der Waals surface area contributed by atoms with Gasteiger partial charge >= 0.3 is 0 Å². The highest BCUT2D eigenvalue weighted by Crippen LogP contribution is 2.23. The molecular weight excluding hydrogens is 409 g/mol. The van der Waals surface area contributed by atoms with Crippen LogP contribution in [0, 0.1) is 5.82 Å². The van der Waals surface area contributed by atoms with Crippen LogP contribution in [0.4, 0.5) is 4.39 Å². The summed E-state index contributed by atoms with van der Waals surface area (Å²) >= 11 is 0. The second-order valence-corrected chi connectivity index (χ2v) is 7.53. The van der Waals surface area contributed by atoms with Gasteiger partial charge in [-0.05, 0) is 35.7 Å². The number of rotatable bonds is 4. The Balaban J connectivity index is 1.37. The largest absolute Gasteiger partial charge is 0.361 e. The number of nitrogens with zero attached hydrogens (tertiary/aromatic N) is 6. The van der Waals surface area contributed by atoms with Gasteiger partial charge in [-0.25, -0.2) is 9.37 Å². The van der Waals surface area contributed by atoms with E-state index >= 15 is 0 Å². The fourth-order valence-corrected chi connectivity index (χ4v) is 3.98. The summed E-state index contributed by atoms with van der Waals surface area (Å²) in [5, 5.41) is 13.6. The zero-order chi connectivity index (χ0) is 21.7. The van der Waals surface area contributed by atoms with Crippen molar-refractivity contribution in [3.63, 3.8) is 0 Å². The summed E-state index contributed by atoms with van der Waals surface area (Å²) in [6.45, 7) is 0.374. The predicted octanol–water partition coefficient (Wildman–Crippen LogP) is 3.36. The van der Waals surface area contributed by atoms with E-state index in [2.05, 4.69) is 25.3 Å². The molecule has 0 aliphatic carbocycles. The third kappa shape index (κ3) is 2.86. The number of aromatic amines is 1. The quantitative estimate of drug-likeness (QED) is 0.467. The van der Waals surface area contributed by atoms with Crippen LogP contribution in [0.25, 0.3) is 38.8 Å². The zero-order valence-electron chi connectivity index (χ0n) is 16.7. The molecule has 0 bridgehead atoms. The van der Waals surface area contributed by atoms with Crippen LogP contribution in [0.15, 0.2) is 72.0 Å². The molecule has 0 amide bonds. The molecule has 0 radical (unpaired) electrons. The molecule has 0 aliphatic heterocycles. The highest BCUT2D eigenvalue weighted by Gasteiger charge is 2.15. The number of nitrogens with one attached hydrogen (secondary N) is 1. The molecule has 156 valence electrons. The molecular formula is C23H16FN7O. The van der Waals surface area contributed by atoms with E-state index in [9.17, 15) is 9.18 Å². The van der Waals surface area contributed by atoms with Crippen molar-refractivity contribution in [1.82, 2.24) is 34.3 Å². The predicted molar refractivity (Wildman–Crippen MR) is 118 cm³/mol. The molecule has 0 atom stereocenters. The van der Waals surface area contributed by atoms with Gasteiger partial charge in [-0.3, -0.25) is 9.36 Å². The van der Waals surface area contributed by atoms with Gasteiger partial charge in [-0.1, -0.05) is 30.3 Å². The Morgan fingerprint density at radius 1 is 1.03 bits per heavy atom. The third-order valence-corrected chi connectivity index (χ3v) is 5.62. The minimum absolute atomic E-state index is 0.146.